The van der Waals surface area contributed by atoms with Crippen LogP contribution in [0.4, 0.5) is 25.0 Å². The van der Waals surface area contributed by atoms with Crippen LogP contribution >= 0.6 is 0 Å². The van der Waals surface area contributed by atoms with Crippen LogP contribution in [0, 0.1) is 24.5 Å². The zero-order valence-electron chi connectivity index (χ0n) is 26.5. The Morgan fingerprint density at radius 1 is 1.13 bits per heavy atom. The molecule has 0 saturated carbocycles. The number of carbonyl (C=O) groups is 3. The number of anilines is 2. The Bertz CT molecular complexity index is 1860. The summed E-state index contributed by atoms with van der Waals surface area (Å²) in [5.74, 6) is -2.94. The number of primary amides is 1. The number of nitrogens with two attached hydrogens (primary N) is 1. The highest BCUT2D eigenvalue weighted by Gasteiger charge is 2.34. The van der Waals surface area contributed by atoms with Crippen molar-refractivity contribution in [3.63, 3.8) is 0 Å². The number of halogens is 2. The Hall–Kier alpha value is -4.77. The van der Waals surface area contributed by atoms with Gasteiger partial charge in [0.1, 0.15) is 11.6 Å². The van der Waals surface area contributed by atoms with Crippen molar-refractivity contribution in [2.24, 2.45) is 11.7 Å². The van der Waals surface area contributed by atoms with Crippen LogP contribution in [0.15, 0.2) is 42.5 Å². The number of carbonyl (C=O) groups excluding carboxylic acids is 3. The number of H-pyrrole nitrogens is 1. The Balaban J connectivity index is 1.58. The van der Waals surface area contributed by atoms with Gasteiger partial charge in [0.15, 0.2) is 0 Å². The number of nitrogens with one attached hydrogen (secondary N) is 2. The summed E-state index contributed by atoms with van der Waals surface area (Å²) in [6.07, 6.45) is 1.49. The first-order valence-corrected chi connectivity index (χ1v) is 15.2. The molecule has 242 valence electrons. The third-order valence-corrected chi connectivity index (χ3v) is 8.80. The van der Waals surface area contributed by atoms with Crippen molar-refractivity contribution < 1.29 is 33.0 Å². The van der Waals surface area contributed by atoms with Crippen molar-refractivity contribution in [1.82, 2.24) is 4.98 Å². The first-order chi connectivity index (χ1) is 21.7. The van der Waals surface area contributed by atoms with Gasteiger partial charge in [-0.2, -0.15) is 0 Å². The predicted molar refractivity (Wildman–Crippen MR) is 173 cm³/mol. The molecule has 3 amide bonds. The summed E-state index contributed by atoms with van der Waals surface area (Å²) in [5.41, 5.74) is 8.09. The largest absolute Gasteiger partial charge is 0.449 e. The van der Waals surface area contributed by atoms with E-state index in [2.05, 4.69) is 10.3 Å². The monoisotopic (exact) mass is 632 g/mol. The van der Waals surface area contributed by atoms with E-state index < -0.39 is 35.1 Å². The predicted octanol–water partition coefficient (Wildman–Crippen LogP) is 6.63. The SMILES string of the molecule is CCCOC(=O)N(C)c1c(F)cccc1C(=O)Nc1cccc(-c2c(F)cc(C(N)=O)c3[nH]c4c(c23)CC[C@H](C(C)(C)O)C4)c1C. The number of nitrogens with zero attached hydrogens (tertiary/aromatic N) is 1. The number of hydrogen-bond acceptors (Lipinski definition) is 5. The van der Waals surface area contributed by atoms with Crippen molar-refractivity contribution in [2.75, 3.05) is 23.9 Å². The van der Waals surface area contributed by atoms with E-state index in [0.29, 0.717) is 53.4 Å². The van der Waals surface area contributed by atoms with Gasteiger partial charge in [-0.05, 0) is 93.3 Å². The zero-order valence-corrected chi connectivity index (χ0v) is 26.5. The topological polar surface area (TPSA) is 138 Å². The lowest BCUT2D eigenvalue weighted by Gasteiger charge is -2.32. The maximum atomic E-state index is 16.1. The van der Waals surface area contributed by atoms with Crippen molar-refractivity contribution >= 4 is 40.2 Å². The molecule has 0 unspecified atom stereocenters. The molecule has 0 bridgehead atoms. The quantitative estimate of drug-likeness (QED) is 0.173. The second-order valence-electron chi connectivity index (χ2n) is 12.3. The first-order valence-electron chi connectivity index (χ1n) is 15.2. The molecule has 0 aliphatic heterocycles. The van der Waals surface area contributed by atoms with E-state index in [1.54, 1.807) is 39.0 Å². The fourth-order valence-corrected chi connectivity index (χ4v) is 6.29. The minimum Gasteiger partial charge on any atom is -0.449 e. The molecule has 4 aromatic rings. The number of fused-ring (bicyclic) bond motifs is 3. The second kappa shape index (κ2) is 12.6. The molecule has 5 rings (SSSR count). The Morgan fingerprint density at radius 3 is 2.52 bits per heavy atom. The highest BCUT2D eigenvalue weighted by molar-refractivity contribution is 6.13. The number of para-hydroxylation sites is 1. The van der Waals surface area contributed by atoms with Gasteiger partial charge in [-0.15, -0.1) is 0 Å². The lowest BCUT2D eigenvalue weighted by Crippen LogP contribution is -2.34. The maximum Gasteiger partial charge on any atom is 0.414 e. The minimum atomic E-state index is -0.926. The fourth-order valence-electron chi connectivity index (χ4n) is 6.29. The molecular formula is C35H38F2N4O5. The summed E-state index contributed by atoms with van der Waals surface area (Å²) in [4.78, 5) is 42.8. The number of aliphatic hydroxyl groups is 1. The van der Waals surface area contributed by atoms with Gasteiger partial charge in [-0.25, -0.2) is 13.6 Å². The third-order valence-electron chi connectivity index (χ3n) is 8.80. The van der Waals surface area contributed by atoms with Gasteiger partial charge in [-0.1, -0.05) is 25.1 Å². The summed E-state index contributed by atoms with van der Waals surface area (Å²) in [7, 11) is 1.32. The van der Waals surface area contributed by atoms with Crippen LogP contribution in [0.5, 0.6) is 0 Å². The Labute approximate surface area is 265 Å². The molecule has 0 fully saturated rings. The van der Waals surface area contributed by atoms with Crippen molar-refractivity contribution in [2.45, 2.75) is 59.0 Å². The van der Waals surface area contributed by atoms with Crippen LogP contribution in [0.3, 0.4) is 0 Å². The third kappa shape index (κ3) is 5.94. The smallest absolute Gasteiger partial charge is 0.414 e. The molecule has 1 aliphatic rings. The highest BCUT2D eigenvalue weighted by atomic mass is 19.1. The van der Waals surface area contributed by atoms with Crippen LogP contribution in [0.2, 0.25) is 0 Å². The number of amides is 3. The van der Waals surface area contributed by atoms with Crippen LogP contribution in [-0.4, -0.2) is 47.3 Å². The van der Waals surface area contributed by atoms with Crippen LogP contribution in [0.25, 0.3) is 22.0 Å². The molecule has 1 atom stereocenters. The van der Waals surface area contributed by atoms with E-state index in [9.17, 15) is 19.5 Å². The minimum absolute atomic E-state index is 0.0211. The van der Waals surface area contributed by atoms with E-state index in [0.717, 1.165) is 28.3 Å². The molecule has 0 saturated heterocycles. The summed E-state index contributed by atoms with van der Waals surface area (Å²) in [6.45, 7) is 7.21. The average molecular weight is 633 g/mol. The molecule has 5 N–H and O–H groups in total. The van der Waals surface area contributed by atoms with E-state index >= 15 is 8.78 Å². The summed E-state index contributed by atoms with van der Waals surface area (Å²) in [6, 6.07) is 10.1. The standard InChI is InChI=1S/C35H38F2N4O5/c1-6-15-46-34(44)41(5)31-22(10-7-11-24(31)36)33(43)40-26-12-8-9-20(18(26)2)28-25(37)17-23(32(38)42)30-29(28)21-14-13-19(35(3,4)45)16-27(21)39-30/h7-12,17,19,39,45H,6,13-16H2,1-5H3,(H2,38,42)(H,40,43)/t19-/m0/s1. The van der Waals surface area contributed by atoms with E-state index in [4.69, 9.17) is 10.5 Å². The number of hydrogen-bond donors (Lipinski definition) is 4. The number of rotatable bonds is 8. The zero-order chi connectivity index (χ0) is 33.5. The van der Waals surface area contributed by atoms with Crippen molar-refractivity contribution in [3.8, 4) is 11.1 Å². The lowest BCUT2D eigenvalue weighted by atomic mass is 9.77. The lowest BCUT2D eigenvalue weighted by molar-refractivity contribution is 0.0107. The normalized spacial score (nSPS) is 14.6. The van der Waals surface area contributed by atoms with Gasteiger partial charge in [0.2, 0.25) is 0 Å². The number of aryl methyl sites for hydroxylation is 1. The average Bonchev–Trinajstić information content (AvgIpc) is 3.38. The molecule has 1 aromatic heterocycles. The number of aromatic amines is 1. The van der Waals surface area contributed by atoms with Crippen molar-refractivity contribution in [3.05, 3.63) is 82.0 Å². The van der Waals surface area contributed by atoms with E-state index in [1.807, 2.05) is 6.92 Å². The number of benzene rings is 3. The van der Waals surface area contributed by atoms with Crippen molar-refractivity contribution in [1.29, 1.82) is 0 Å². The maximum absolute atomic E-state index is 16.1. The van der Waals surface area contributed by atoms with Gasteiger partial charge in [0.25, 0.3) is 11.8 Å². The van der Waals surface area contributed by atoms with Crippen LogP contribution in [0.1, 0.15) is 71.1 Å². The van der Waals surface area contributed by atoms with Crippen LogP contribution < -0.4 is 16.0 Å². The Kier molecular flexibility index (Phi) is 8.90. The highest BCUT2D eigenvalue weighted by Crippen LogP contribution is 2.43. The second-order valence-corrected chi connectivity index (χ2v) is 12.3. The van der Waals surface area contributed by atoms with Gasteiger partial charge >= 0.3 is 6.09 Å². The molecule has 1 heterocycles. The van der Waals surface area contributed by atoms with Crippen LogP contribution in [-0.2, 0) is 17.6 Å². The summed E-state index contributed by atoms with van der Waals surface area (Å²) < 4.78 is 36.2. The van der Waals surface area contributed by atoms with E-state index in [1.165, 1.54) is 19.2 Å². The Morgan fingerprint density at radius 2 is 1.85 bits per heavy atom. The number of ether oxygens (including phenoxy) is 1. The molecular weight excluding hydrogens is 594 g/mol. The molecule has 1 aliphatic carbocycles. The van der Waals surface area contributed by atoms with Gasteiger partial charge in [-0.3, -0.25) is 14.5 Å². The first kappa shape index (κ1) is 32.6. The molecule has 9 nitrogen and oxygen atoms in total. The molecule has 11 heteroatoms. The summed E-state index contributed by atoms with van der Waals surface area (Å²) >= 11 is 0. The van der Waals surface area contributed by atoms with Gasteiger partial charge in [0, 0.05) is 29.4 Å². The fraction of sp³-hybridized carbons (Fsp3) is 0.343. The van der Waals surface area contributed by atoms with Gasteiger partial charge < -0.3 is 25.9 Å². The molecule has 3 aromatic carbocycles. The molecule has 46 heavy (non-hydrogen) atoms. The summed E-state index contributed by atoms with van der Waals surface area (Å²) in [5, 5.41) is 14.0. The van der Waals surface area contributed by atoms with E-state index in [-0.39, 0.29) is 34.9 Å². The molecule has 0 spiro atoms. The number of aromatic nitrogens is 1. The van der Waals surface area contributed by atoms with Gasteiger partial charge in [0.05, 0.1) is 34.5 Å². The molecule has 0 radical (unpaired) electrons.